The number of aliphatic hydroxyl groups excluding tert-OH is 1. The maximum absolute atomic E-state index is 9.35. The number of aliphatic hydroxyl groups is 1. The van der Waals surface area contributed by atoms with Gasteiger partial charge in [-0.05, 0) is 12.8 Å². The summed E-state index contributed by atoms with van der Waals surface area (Å²) < 4.78 is 5.49. The molecule has 2 rings (SSSR count). The van der Waals surface area contributed by atoms with Gasteiger partial charge in [0.25, 0.3) is 0 Å². The maximum atomic E-state index is 9.35. The standard InChI is InChI=1S/C7H13NO2/c8-7-5(9)3-4-1-2-6(7)10-4/h4-7,9H,1-3,8H2/t4-,5+,6+,7+/m1/s1. The third-order valence-corrected chi connectivity index (χ3v) is 2.52. The molecule has 3 N–H and O–H groups in total. The van der Waals surface area contributed by atoms with E-state index in [9.17, 15) is 5.11 Å². The van der Waals surface area contributed by atoms with Gasteiger partial charge in [0.1, 0.15) is 0 Å². The van der Waals surface area contributed by atoms with Crippen molar-refractivity contribution in [3.05, 3.63) is 0 Å². The molecule has 58 valence electrons. The summed E-state index contributed by atoms with van der Waals surface area (Å²) >= 11 is 0. The van der Waals surface area contributed by atoms with E-state index in [-0.39, 0.29) is 18.2 Å². The average Bonchev–Trinajstić information content (AvgIpc) is 2.29. The molecule has 0 aromatic carbocycles. The van der Waals surface area contributed by atoms with Crippen molar-refractivity contribution in [1.82, 2.24) is 0 Å². The molecular formula is C7H13NO2. The third-order valence-electron chi connectivity index (χ3n) is 2.52. The molecule has 4 atom stereocenters. The Kier molecular flexibility index (Phi) is 1.44. The highest BCUT2D eigenvalue weighted by Gasteiger charge is 2.39. The molecular weight excluding hydrogens is 130 g/mol. The van der Waals surface area contributed by atoms with Gasteiger partial charge in [-0.1, -0.05) is 0 Å². The second-order valence-electron chi connectivity index (χ2n) is 3.25. The summed E-state index contributed by atoms with van der Waals surface area (Å²) in [5.41, 5.74) is 5.68. The van der Waals surface area contributed by atoms with Crippen LogP contribution in [0.4, 0.5) is 0 Å². The molecule has 0 aromatic heterocycles. The zero-order valence-corrected chi connectivity index (χ0v) is 5.86. The van der Waals surface area contributed by atoms with Gasteiger partial charge in [-0.3, -0.25) is 0 Å². The minimum atomic E-state index is -0.328. The highest BCUT2D eigenvalue weighted by Crippen LogP contribution is 2.31. The van der Waals surface area contributed by atoms with Gasteiger partial charge in [-0.25, -0.2) is 0 Å². The fraction of sp³-hybridized carbons (Fsp3) is 1.00. The van der Waals surface area contributed by atoms with Crippen LogP contribution in [-0.2, 0) is 4.74 Å². The third kappa shape index (κ3) is 0.856. The van der Waals surface area contributed by atoms with E-state index in [0.717, 1.165) is 19.3 Å². The summed E-state index contributed by atoms with van der Waals surface area (Å²) in [6.45, 7) is 0. The van der Waals surface area contributed by atoms with Crippen molar-refractivity contribution < 1.29 is 9.84 Å². The van der Waals surface area contributed by atoms with E-state index >= 15 is 0 Å². The second-order valence-corrected chi connectivity index (χ2v) is 3.25. The van der Waals surface area contributed by atoms with E-state index in [1.165, 1.54) is 0 Å². The van der Waals surface area contributed by atoms with Crippen LogP contribution in [0.5, 0.6) is 0 Å². The molecule has 3 heteroatoms. The Hall–Kier alpha value is -0.120. The molecule has 0 aliphatic carbocycles. The first-order valence-corrected chi connectivity index (χ1v) is 3.86. The van der Waals surface area contributed by atoms with Gasteiger partial charge in [0.2, 0.25) is 0 Å². The highest BCUT2D eigenvalue weighted by atomic mass is 16.5. The van der Waals surface area contributed by atoms with Crippen LogP contribution in [0.15, 0.2) is 0 Å². The summed E-state index contributed by atoms with van der Waals surface area (Å²) in [5, 5.41) is 9.35. The molecule has 2 bridgehead atoms. The number of hydrogen-bond acceptors (Lipinski definition) is 3. The molecule has 2 aliphatic heterocycles. The van der Waals surface area contributed by atoms with Gasteiger partial charge in [0, 0.05) is 6.42 Å². The normalized spacial score (nSPS) is 53.4. The molecule has 0 amide bonds. The number of ether oxygens (including phenoxy) is 1. The molecule has 0 saturated carbocycles. The first-order chi connectivity index (χ1) is 4.77. The highest BCUT2D eigenvalue weighted by molar-refractivity contribution is 4.93. The van der Waals surface area contributed by atoms with Gasteiger partial charge < -0.3 is 15.6 Å². The predicted octanol–water partition coefficient (Wildman–Crippen LogP) is -0.374. The van der Waals surface area contributed by atoms with Crippen LogP contribution in [0.2, 0.25) is 0 Å². The Labute approximate surface area is 60.2 Å². The Morgan fingerprint density at radius 1 is 1.40 bits per heavy atom. The van der Waals surface area contributed by atoms with Crippen molar-refractivity contribution in [3.8, 4) is 0 Å². The zero-order chi connectivity index (χ0) is 7.14. The molecule has 2 fully saturated rings. The van der Waals surface area contributed by atoms with Crippen LogP contribution >= 0.6 is 0 Å². The van der Waals surface area contributed by atoms with Crippen LogP contribution in [0.3, 0.4) is 0 Å². The molecule has 2 saturated heterocycles. The van der Waals surface area contributed by atoms with Crippen molar-refractivity contribution in [1.29, 1.82) is 0 Å². The van der Waals surface area contributed by atoms with Gasteiger partial charge >= 0.3 is 0 Å². The smallest absolute Gasteiger partial charge is 0.0756 e. The fourth-order valence-electron chi connectivity index (χ4n) is 1.86. The van der Waals surface area contributed by atoms with Crippen LogP contribution in [0.1, 0.15) is 19.3 Å². The van der Waals surface area contributed by atoms with Crippen molar-refractivity contribution in [2.24, 2.45) is 5.73 Å². The molecule has 0 aromatic rings. The molecule has 0 unspecified atom stereocenters. The predicted molar refractivity (Wildman–Crippen MR) is 36.5 cm³/mol. The van der Waals surface area contributed by atoms with E-state index in [4.69, 9.17) is 10.5 Å². The maximum Gasteiger partial charge on any atom is 0.0756 e. The number of nitrogens with two attached hydrogens (primary N) is 1. The van der Waals surface area contributed by atoms with Gasteiger partial charge in [-0.15, -0.1) is 0 Å². The summed E-state index contributed by atoms with van der Waals surface area (Å²) in [6.07, 6.45) is 2.94. The summed E-state index contributed by atoms with van der Waals surface area (Å²) in [5.74, 6) is 0. The molecule has 2 heterocycles. The molecule has 0 spiro atoms. The molecule has 3 nitrogen and oxygen atoms in total. The fourth-order valence-corrected chi connectivity index (χ4v) is 1.86. The van der Waals surface area contributed by atoms with E-state index in [1.54, 1.807) is 0 Å². The Morgan fingerprint density at radius 2 is 2.20 bits per heavy atom. The summed E-state index contributed by atoms with van der Waals surface area (Å²) in [6, 6.07) is -0.140. The number of rotatable bonds is 0. The lowest BCUT2D eigenvalue weighted by Crippen LogP contribution is -2.49. The Morgan fingerprint density at radius 3 is 3.00 bits per heavy atom. The van der Waals surface area contributed by atoms with E-state index in [0.29, 0.717) is 6.10 Å². The van der Waals surface area contributed by atoms with Gasteiger partial charge in [0.05, 0.1) is 24.4 Å². The van der Waals surface area contributed by atoms with Gasteiger partial charge in [-0.2, -0.15) is 0 Å². The SMILES string of the molecule is N[C@@H]1[C@@H]2CC[C@H](C[C@@H]1O)O2. The first kappa shape index (κ1) is 6.58. The van der Waals surface area contributed by atoms with Crippen LogP contribution < -0.4 is 5.73 Å². The molecule has 2 aliphatic rings. The van der Waals surface area contributed by atoms with Crippen LogP contribution in [0.25, 0.3) is 0 Å². The summed E-state index contributed by atoms with van der Waals surface area (Å²) in [7, 11) is 0. The lowest BCUT2D eigenvalue weighted by atomic mass is 10.0. The van der Waals surface area contributed by atoms with Crippen molar-refractivity contribution >= 4 is 0 Å². The lowest BCUT2D eigenvalue weighted by Gasteiger charge is -2.30. The van der Waals surface area contributed by atoms with E-state index in [2.05, 4.69) is 0 Å². The number of hydrogen-bond donors (Lipinski definition) is 2. The first-order valence-electron chi connectivity index (χ1n) is 3.86. The summed E-state index contributed by atoms with van der Waals surface area (Å²) in [4.78, 5) is 0. The Bertz CT molecular complexity index is 140. The van der Waals surface area contributed by atoms with E-state index in [1.807, 2.05) is 0 Å². The second kappa shape index (κ2) is 2.19. The van der Waals surface area contributed by atoms with Crippen molar-refractivity contribution in [3.63, 3.8) is 0 Å². The monoisotopic (exact) mass is 143 g/mol. The molecule has 0 radical (unpaired) electrons. The molecule has 10 heavy (non-hydrogen) atoms. The minimum Gasteiger partial charge on any atom is -0.391 e. The Balaban J connectivity index is 2.09. The zero-order valence-electron chi connectivity index (χ0n) is 5.86. The minimum absolute atomic E-state index is 0.133. The van der Waals surface area contributed by atoms with Crippen LogP contribution in [0, 0.1) is 0 Å². The average molecular weight is 143 g/mol. The topological polar surface area (TPSA) is 55.5 Å². The van der Waals surface area contributed by atoms with Gasteiger partial charge in [0.15, 0.2) is 0 Å². The lowest BCUT2D eigenvalue weighted by molar-refractivity contribution is -0.0670. The number of fused-ring (bicyclic) bond motifs is 2. The van der Waals surface area contributed by atoms with Crippen molar-refractivity contribution in [2.45, 2.75) is 43.6 Å². The largest absolute Gasteiger partial charge is 0.391 e. The quantitative estimate of drug-likeness (QED) is 0.486. The van der Waals surface area contributed by atoms with E-state index < -0.39 is 0 Å². The van der Waals surface area contributed by atoms with Crippen LogP contribution in [-0.4, -0.2) is 29.5 Å². The van der Waals surface area contributed by atoms with Crippen molar-refractivity contribution in [2.75, 3.05) is 0 Å².